The standard InChI is InChI=1S/C29H31N5O/c1-21-6-3-13-31-27(21)19-34(20-28-22(2)7-4-14-32-28)25-11-16-33(17-12-25)29(35)24-9-10-26-23(18-24)8-5-15-30-26/h3-10,13-15,18,25H,11-12,16-17,19-20H2,1-2H3. The zero-order valence-corrected chi connectivity index (χ0v) is 20.4. The Morgan fingerprint density at radius 3 is 2.09 bits per heavy atom. The first-order chi connectivity index (χ1) is 17.1. The summed E-state index contributed by atoms with van der Waals surface area (Å²) >= 11 is 0. The van der Waals surface area contributed by atoms with Gasteiger partial charge in [-0.3, -0.25) is 24.6 Å². The molecule has 0 bridgehead atoms. The number of carbonyl (C=O) groups excluding carboxylic acids is 1. The zero-order chi connectivity index (χ0) is 24.2. The first kappa shape index (κ1) is 23.1. The highest BCUT2D eigenvalue weighted by atomic mass is 16.2. The van der Waals surface area contributed by atoms with Gasteiger partial charge in [0.2, 0.25) is 0 Å². The minimum Gasteiger partial charge on any atom is -0.339 e. The average molecular weight is 466 g/mol. The molecule has 1 amide bonds. The first-order valence-electron chi connectivity index (χ1n) is 12.3. The second-order valence-electron chi connectivity index (χ2n) is 9.37. The quantitative estimate of drug-likeness (QED) is 0.403. The summed E-state index contributed by atoms with van der Waals surface area (Å²) in [6.07, 6.45) is 7.37. The van der Waals surface area contributed by atoms with Crippen LogP contribution in [0, 0.1) is 13.8 Å². The van der Waals surface area contributed by atoms with Crippen molar-refractivity contribution in [3.8, 4) is 0 Å². The SMILES string of the molecule is Cc1cccnc1CN(Cc1ncccc1C)C1CCN(C(=O)c2ccc3ncccc3c2)CC1. The van der Waals surface area contributed by atoms with Gasteiger partial charge in [0.05, 0.1) is 16.9 Å². The molecule has 6 heteroatoms. The molecule has 0 spiro atoms. The van der Waals surface area contributed by atoms with Crippen molar-refractivity contribution in [2.75, 3.05) is 13.1 Å². The summed E-state index contributed by atoms with van der Waals surface area (Å²) in [5.41, 5.74) is 6.25. The van der Waals surface area contributed by atoms with Crippen LogP contribution >= 0.6 is 0 Å². The number of rotatable bonds is 6. The Hall–Kier alpha value is -3.64. The lowest BCUT2D eigenvalue weighted by Crippen LogP contribution is -2.46. The van der Waals surface area contributed by atoms with Crippen LogP contribution in [0.5, 0.6) is 0 Å². The van der Waals surface area contributed by atoms with Crippen LogP contribution in [0.4, 0.5) is 0 Å². The Morgan fingerprint density at radius 1 is 0.857 bits per heavy atom. The van der Waals surface area contributed by atoms with Gasteiger partial charge in [-0.25, -0.2) is 0 Å². The third-order valence-corrected chi connectivity index (χ3v) is 7.06. The topological polar surface area (TPSA) is 62.2 Å². The van der Waals surface area contributed by atoms with E-state index in [1.165, 1.54) is 11.1 Å². The van der Waals surface area contributed by atoms with Crippen LogP contribution in [-0.4, -0.2) is 49.8 Å². The molecule has 4 heterocycles. The number of fused-ring (bicyclic) bond motifs is 1. The van der Waals surface area contributed by atoms with Crippen LogP contribution < -0.4 is 0 Å². The van der Waals surface area contributed by atoms with Crippen molar-refractivity contribution in [2.45, 2.75) is 45.8 Å². The maximum absolute atomic E-state index is 13.3. The number of aromatic nitrogens is 3. The second kappa shape index (κ2) is 10.3. The Bertz CT molecular complexity index is 1280. The van der Waals surface area contributed by atoms with E-state index in [0.717, 1.165) is 66.9 Å². The van der Waals surface area contributed by atoms with Crippen LogP contribution in [0.15, 0.2) is 73.2 Å². The maximum atomic E-state index is 13.3. The van der Waals surface area contributed by atoms with Crippen molar-refractivity contribution in [1.82, 2.24) is 24.8 Å². The summed E-state index contributed by atoms with van der Waals surface area (Å²) in [7, 11) is 0. The monoisotopic (exact) mass is 465 g/mol. The number of likely N-dealkylation sites (tertiary alicyclic amines) is 1. The number of amides is 1. The molecule has 0 aliphatic carbocycles. The Morgan fingerprint density at radius 2 is 1.46 bits per heavy atom. The smallest absolute Gasteiger partial charge is 0.253 e. The molecule has 4 aromatic rings. The minimum absolute atomic E-state index is 0.0990. The number of benzene rings is 1. The van der Waals surface area contributed by atoms with Gasteiger partial charge in [0.25, 0.3) is 5.91 Å². The van der Waals surface area contributed by atoms with Crippen LogP contribution in [0.3, 0.4) is 0 Å². The molecule has 0 atom stereocenters. The fraction of sp³-hybridized carbons (Fsp3) is 0.310. The molecule has 0 N–H and O–H groups in total. The molecule has 0 unspecified atom stereocenters. The largest absolute Gasteiger partial charge is 0.339 e. The van der Waals surface area contributed by atoms with E-state index >= 15 is 0 Å². The molecule has 3 aromatic heterocycles. The van der Waals surface area contributed by atoms with Crippen molar-refractivity contribution < 1.29 is 4.79 Å². The van der Waals surface area contributed by atoms with Crippen LogP contribution in [0.2, 0.25) is 0 Å². The Balaban J connectivity index is 1.31. The molecular weight excluding hydrogens is 434 g/mol. The summed E-state index contributed by atoms with van der Waals surface area (Å²) in [4.78, 5) is 31.4. The van der Waals surface area contributed by atoms with E-state index in [1.54, 1.807) is 6.20 Å². The van der Waals surface area contributed by atoms with Crippen LogP contribution in [0.1, 0.15) is 45.7 Å². The van der Waals surface area contributed by atoms with Gasteiger partial charge in [0.15, 0.2) is 0 Å². The van der Waals surface area contributed by atoms with E-state index in [2.05, 4.69) is 45.8 Å². The number of aryl methyl sites for hydroxylation is 2. The highest BCUT2D eigenvalue weighted by Gasteiger charge is 2.28. The molecule has 178 valence electrons. The summed E-state index contributed by atoms with van der Waals surface area (Å²) in [6.45, 7) is 7.28. The van der Waals surface area contributed by atoms with Crippen molar-refractivity contribution in [3.05, 3.63) is 101 Å². The number of carbonyl (C=O) groups is 1. The predicted molar refractivity (Wildman–Crippen MR) is 138 cm³/mol. The fourth-order valence-electron chi connectivity index (χ4n) is 4.89. The molecule has 1 saturated heterocycles. The van der Waals surface area contributed by atoms with E-state index < -0.39 is 0 Å². The Kier molecular flexibility index (Phi) is 6.82. The maximum Gasteiger partial charge on any atom is 0.253 e. The highest BCUT2D eigenvalue weighted by molar-refractivity contribution is 5.98. The van der Waals surface area contributed by atoms with Crippen molar-refractivity contribution in [1.29, 1.82) is 0 Å². The van der Waals surface area contributed by atoms with Crippen LogP contribution in [0.25, 0.3) is 10.9 Å². The van der Waals surface area contributed by atoms with Crippen molar-refractivity contribution in [3.63, 3.8) is 0 Å². The van der Waals surface area contributed by atoms with Gasteiger partial charge in [-0.1, -0.05) is 18.2 Å². The molecule has 6 nitrogen and oxygen atoms in total. The molecule has 1 fully saturated rings. The third-order valence-electron chi connectivity index (χ3n) is 7.06. The number of hydrogen-bond acceptors (Lipinski definition) is 5. The van der Waals surface area contributed by atoms with Crippen molar-refractivity contribution in [2.24, 2.45) is 0 Å². The Labute approximate surface area is 206 Å². The second-order valence-corrected chi connectivity index (χ2v) is 9.37. The normalized spacial score (nSPS) is 14.5. The lowest BCUT2D eigenvalue weighted by atomic mass is 10.00. The van der Waals surface area contributed by atoms with Gasteiger partial charge >= 0.3 is 0 Å². The predicted octanol–water partition coefficient (Wildman–Crippen LogP) is 4.95. The van der Waals surface area contributed by atoms with E-state index in [4.69, 9.17) is 0 Å². The molecule has 1 aliphatic rings. The first-order valence-corrected chi connectivity index (χ1v) is 12.3. The number of piperidine rings is 1. The highest BCUT2D eigenvalue weighted by Crippen LogP contribution is 2.24. The number of nitrogens with zero attached hydrogens (tertiary/aromatic N) is 5. The molecule has 5 rings (SSSR count). The van der Waals surface area contributed by atoms with Gasteiger partial charge in [0.1, 0.15) is 0 Å². The summed E-state index contributed by atoms with van der Waals surface area (Å²) in [6, 6.07) is 18.3. The molecule has 1 aliphatic heterocycles. The number of pyridine rings is 3. The van der Waals surface area contributed by atoms with E-state index in [9.17, 15) is 4.79 Å². The van der Waals surface area contributed by atoms with Gasteiger partial charge in [0, 0.05) is 61.8 Å². The summed E-state index contributed by atoms with van der Waals surface area (Å²) in [5, 5.41) is 0.996. The lowest BCUT2D eigenvalue weighted by Gasteiger charge is -2.38. The van der Waals surface area contributed by atoms with Gasteiger partial charge in [-0.2, -0.15) is 0 Å². The molecular formula is C29H31N5O. The van der Waals surface area contributed by atoms with Gasteiger partial charge in [-0.15, -0.1) is 0 Å². The molecule has 0 radical (unpaired) electrons. The van der Waals surface area contributed by atoms with E-state index in [0.29, 0.717) is 6.04 Å². The average Bonchev–Trinajstić information content (AvgIpc) is 2.90. The fourth-order valence-corrected chi connectivity index (χ4v) is 4.89. The lowest BCUT2D eigenvalue weighted by molar-refractivity contribution is 0.0589. The minimum atomic E-state index is 0.0990. The number of hydrogen-bond donors (Lipinski definition) is 0. The zero-order valence-electron chi connectivity index (χ0n) is 20.4. The molecule has 0 saturated carbocycles. The molecule has 1 aromatic carbocycles. The van der Waals surface area contributed by atoms with Gasteiger partial charge < -0.3 is 4.90 Å². The third kappa shape index (κ3) is 5.23. The van der Waals surface area contributed by atoms with E-state index in [-0.39, 0.29) is 5.91 Å². The van der Waals surface area contributed by atoms with E-state index in [1.807, 2.05) is 59.8 Å². The van der Waals surface area contributed by atoms with Crippen molar-refractivity contribution >= 4 is 16.8 Å². The summed E-state index contributed by atoms with van der Waals surface area (Å²) < 4.78 is 0. The molecule has 35 heavy (non-hydrogen) atoms. The van der Waals surface area contributed by atoms with Gasteiger partial charge in [-0.05, 0) is 74.2 Å². The van der Waals surface area contributed by atoms with Crippen LogP contribution in [-0.2, 0) is 13.1 Å². The summed E-state index contributed by atoms with van der Waals surface area (Å²) in [5.74, 6) is 0.0990.